The van der Waals surface area contributed by atoms with Gasteiger partial charge >= 0.3 is 0 Å². The fourth-order valence-electron chi connectivity index (χ4n) is 4.78. The molecule has 1 fully saturated rings. The molecular formula is C44H46N10O2. The third kappa shape index (κ3) is 13.5. The minimum Gasteiger partial charge on any atom is -0.361 e. The van der Waals surface area contributed by atoms with E-state index in [1.54, 1.807) is 0 Å². The second-order valence-corrected chi connectivity index (χ2v) is 10.5. The number of aromatic nitrogens is 4. The highest BCUT2D eigenvalue weighted by Gasteiger charge is 2.21. The zero-order valence-corrected chi connectivity index (χ0v) is 30.3. The van der Waals surface area contributed by atoms with Crippen LogP contribution in [0.15, 0.2) is 56.1 Å². The molecule has 3 aromatic heterocycles. The lowest BCUT2D eigenvalue weighted by atomic mass is 9.95. The maximum Gasteiger partial charge on any atom is 0.203 e. The number of nitroso groups, excluding NO2 is 1. The third-order valence-corrected chi connectivity index (χ3v) is 6.96. The minimum absolute atomic E-state index is 0. The number of hydrogen-bond acceptors (Lipinski definition) is 7. The van der Waals surface area contributed by atoms with E-state index in [9.17, 15) is 0 Å². The number of imidazole rings is 1. The number of aromatic amines is 1. The summed E-state index contributed by atoms with van der Waals surface area (Å²) in [7, 11) is 0. The van der Waals surface area contributed by atoms with Crippen molar-refractivity contribution in [1.82, 2.24) is 20.1 Å². The van der Waals surface area contributed by atoms with Crippen LogP contribution < -0.4 is 4.90 Å². The Morgan fingerprint density at radius 1 is 0.786 bits per heavy atom. The molecule has 1 aliphatic rings. The van der Waals surface area contributed by atoms with Crippen LogP contribution >= 0.6 is 0 Å². The van der Waals surface area contributed by atoms with Crippen LogP contribution in [0.4, 0.5) is 5.95 Å². The van der Waals surface area contributed by atoms with Crippen LogP contribution in [-0.4, -0.2) is 33.2 Å². The maximum absolute atomic E-state index is 8.91. The molecule has 0 aliphatic carbocycles. The zero-order valence-electron chi connectivity index (χ0n) is 30.3. The normalized spacial score (nSPS) is 9.55. The summed E-state index contributed by atoms with van der Waals surface area (Å²) in [5, 5.41) is 13.4. The predicted molar refractivity (Wildman–Crippen MR) is 235 cm³/mol. The molecule has 0 amide bonds. The van der Waals surface area contributed by atoms with E-state index in [4.69, 9.17) is 32.8 Å². The quantitative estimate of drug-likeness (QED) is 0.0900. The van der Waals surface area contributed by atoms with Crippen molar-refractivity contribution in [2.75, 3.05) is 18.0 Å². The highest BCUT2D eigenvalue weighted by atomic mass is 16.5. The zero-order chi connectivity index (χ0) is 40.2. The topological polar surface area (TPSA) is 161 Å². The summed E-state index contributed by atoms with van der Waals surface area (Å²) in [6.45, 7) is 8.15. The number of H-pyrrole nitrogens is 1. The molecule has 12 nitrogen and oxygen atoms in total. The number of fused-ring (bicyclic) bond motifs is 1. The molecule has 1 saturated heterocycles. The molecular weight excluding hydrogens is 701 g/mol. The van der Waals surface area contributed by atoms with E-state index < -0.39 is 0 Å². The molecule has 12 heteroatoms. The number of terminal acetylenes is 2. The molecule has 284 valence electrons. The monoisotopic (exact) mass is 746 g/mol. The molecule has 56 heavy (non-hydrogen) atoms. The molecule has 0 unspecified atom stereocenters. The molecule has 1 aromatic carbocycles. The number of nitrogens with zero attached hydrogens (tertiary/aromatic N) is 8. The number of nitrogens with one attached hydrogen (secondary N) is 2. The summed E-state index contributed by atoms with van der Waals surface area (Å²) >= 11 is 0. The number of benzene rings is 1. The second-order valence-electron chi connectivity index (χ2n) is 10.5. The molecule has 4 aromatic rings. The van der Waals surface area contributed by atoms with Crippen LogP contribution in [0.25, 0.3) is 33.3 Å². The van der Waals surface area contributed by atoms with Crippen LogP contribution in [-0.2, 0) is 0 Å². The highest BCUT2D eigenvalue weighted by Crippen LogP contribution is 2.37. The molecule has 5 rings (SSSR count). The first-order valence-corrected chi connectivity index (χ1v) is 16.1. The van der Waals surface area contributed by atoms with Gasteiger partial charge in [-0.25, -0.2) is 4.98 Å². The average molecular weight is 747 g/mol. The second kappa shape index (κ2) is 24.1. The largest absolute Gasteiger partial charge is 0.361 e. The van der Waals surface area contributed by atoms with E-state index in [1.165, 1.54) is 18.4 Å². The first kappa shape index (κ1) is 41.2. The van der Waals surface area contributed by atoms with Crippen LogP contribution in [0.3, 0.4) is 0 Å². The van der Waals surface area contributed by atoms with Crippen molar-refractivity contribution in [2.24, 2.45) is 21.0 Å². The Morgan fingerprint density at radius 2 is 1.32 bits per heavy atom. The van der Waals surface area contributed by atoms with Gasteiger partial charge in [-0.15, -0.1) is 17.8 Å². The molecule has 0 radical (unpaired) electrons. The fourth-order valence-corrected chi connectivity index (χ4v) is 4.78. The van der Waals surface area contributed by atoms with Gasteiger partial charge in [0.15, 0.2) is 0 Å². The van der Waals surface area contributed by atoms with Crippen molar-refractivity contribution < 1.29 is 18.8 Å². The van der Waals surface area contributed by atoms with Crippen molar-refractivity contribution in [3.8, 4) is 154 Å². The van der Waals surface area contributed by atoms with Gasteiger partial charge in [-0.3, -0.25) is 4.98 Å². The van der Waals surface area contributed by atoms with Gasteiger partial charge in [0.2, 0.25) is 5.95 Å². The number of pyridine rings is 1. The average Bonchev–Trinajstić information content (AvgIpc) is 3.97. The van der Waals surface area contributed by atoms with Crippen LogP contribution in [0.2, 0.25) is 0 Å². The summed E-state index contributed by atoms with van der Waals surface area (Å²) in [5.74, 6) is 50.0. The summed E-state index contributed by atoms with van der Waals surface area (Å²) in [5.41, 5.74) is 14.3. The maximum atomic E-state index is 8.91. The lowest BCUT2D eigenvalue weighted by Crippen LogP contribution is -2.18. The smallest absolute Gasteiger partial charge is 0.203 e. The molecule has 0 bridgehead atoms. The van der Waals surface area contributed by atoms with Gasteiger partial charge in [0.1, 0.15) is 11.0 Å². The molecule has 0 saturated carbocycles. The molecule has 0 spiro atoms. The molecule has 4 heterocycles. The molecule has 0 atom stereocenters. The van der Waals surface area contributed by atoms with Gasteiger partial charge in [-0.2, -0.15) is 5.53 Å². The van der Waals surface area contributed by atoms with Gasteiger partial charge in [0, 0.05) is 85.3 Å². The lowest BCUT2D eigenvalue weighted by Gasteiger charge is -2.12. The Labute approximate surface area is 339 Å². The summed E-state index contributed by atoms with van der Waals surface area (Å²) in [6.07, 6.45) is 16.0. The summed E-state index contributed by atoms with van der Waals surface area (Å²) in [6, 6.07) is 6.38. The van der Waals surface area contributed by atoms with Gasteiger partial charge in [-0.05, 0) is 168 Å². The third-order valence-electron chi connectivity index (χ3n) is 6.96. The van der Waals surface area contributed by atoms with E-state index in [-0.39, 0.29) is 14.3 Å². The van der Waals surface area contributed by atoms with Gasteiger partial charge in [0.05, 0.1) is 16.7 Å². The predicted octanol–water partition coefficient (Wildman–Crippen LogP) is 8.61. The van der Waals surface area contributed by atoms with Crippen molar-refractivity contribution in [3.05, 3.63) is 52.5 Å². The van der Waals surface area contributed by atoms with E-state index in [1.807, 2.05) is 37.6 Å². The summed E-state index contributed by atoms with van der Waals surface area (Å²) < 4.78 is 5.42. The fraction of sp³-hybridized carbons (Fsp3) is 0.159. The first-order valence-electron chi connectivity index (χ1n) is 16.1. The van der Waals surface area contributed by atoms with Crippen LogP contribution in [0.5, 0.6) is 0 Å². The Hall–Kier alpha value is -9.19. The Balaban J connectivity index is -0.000000136. The molecule has 2 N–H and O–H groups in total. The van der Waals surface area contributed by atoms with Gasteiger partial charge < -0.3 is 14.4 Å². The highest BCUT2D eigenvalue weighted by molar-refractivity contribution is 5.98. The number of hydrogen-bond donors (Lipinski definition) is 2. The number of anilines is 1. The van der Waals surface area contributed by atoms with Crippen LogP contribution in [0.1, 0.15) is 44.1 Å². The Kier molecular flexibility index (Phi) is 17.7. The van der Waals surface area contributed by atoms with E-state index in [0.29, 0.717) is 0 Å². The van der Waals surface area contributed by atoms with Crippen molar-refractivity contribution in [3.63, 3.8) is 0 Å². The van der Waals surface area contributed by atoms with Gasteiger partial charge in [0.25, 0.3) is 0 Å². The van der Waals surface area contributed by atoms with Crippen LogP contribution in [0, 0.1) is 162 Å². The Morgan fingerprint density at radius 3 is 1.75 bits per heavy atom. The van der Waals surface area contributed by atoms with E-state index >= 15 is 0 Å². The van der Waals surface area contributed by atoms with E-state index in [2.05, 4.69) is 173 Å². The number of rotatable bonds is 5. The van der Waals surface area contributed by atoms with Crippen molar-refractivity contribution in [1.29, 1.82) is 5.53 Å². The molecule has 1 aliphatic heterocycles. The van der Waals surface area contributed by atoms with Crippen molar-refractivity contribution >= 4 is 17.0 Å². The van der Waals surface area contributed by atoms with Crippen molar-refractivity contribution in [2.45, 2.75) is 33.6 Å². The lowest BCUT2D eigenvalue weighted by molar-refractivity contribution is 0.393. The Bertz CT molecular complexity index is 2740. The van der Waals surface area contributed by atoms with Gasteiger partial charge in [-0.1, -0.05) is 5.16 Å². The number of aryl methyl sites for hydroxylation is 3. The minimum atomic E-state index is 0. The SMILES string of the molecule is C#CC#CC#CC#CC#CC#CC#CC#CC#CC#CC#C.Cc1ccncc1-c1cc(-c2c(C)noc2C)cc2[nH]c(N3CCCC3)nc12.N=N/N=N/N=O.[HH].[HH].[HH].[HH].[HH].[HH].[HH].[HH].[HH].[HH]. The summed E-state index contributed by atoms with van der Waals surface area (Å²) in [4.78, 5) is 24.1. The standard InChI is InChI=1S/C22H23N5O.C22H2.HN5O.10H2/c1-13-6-7-23-12-18(13)17-10-16(20-14(2)26-28-15(20)3)11-19-21(17)25-22(24-19)27-8-4-5-9-27;1-3-5-7-9-11-13-15-17-19-21-22-20-18-16-14-12-10-8-6-4-2;1-2-3-4-5-6;;;;;;;;;;/h6-7,10-12H,4-5,8-9H2,1-3H3,(H,24,25);1-2H;1H;10*1H/b;;2-1?,4-3+;;;;;;;;;;. The van der Waals surface area contributed by atoms with E-state index in [0.717, 1.165) is 63.8 Å². The first-order chi connectivity index (χ1) is 27.4.